The van der Waals surface area contributed by atoms with Crippen LogP contribution in [0.1, 0.15) is 35.3 Å². The lowest BCUT2D eigenvalue weighted by atomic mass is 9.96. The van der Waals surface area contributed by atoms with Gasteiger partial charge in [-0.05, 0) is 35.9 Å². The van der Waals surface area contributed by atoms with Crippen LogP contribution in [0.2, 0.25) is 0 Å². The zero-order valence-corrected chi connectivity index (χ0v) is 13.7. The molecule has 2 heterocycles. The van der Waals surface area contributed by atoms with Crippen molar-refractivity contribution >= 4 is 0 Å². The quantitative estimate of drug-likeness (QED) is 0.767. The maximum absolute atomic E-state index is 13.8. The van der Waals surface area contributed by atoms with Crippen molar-refractivity contribution in [2.75, 3.05) is 6.61 Å². The monoisotopic (exact) mass is 334 g/mol. The molecule has 1 aliphatic heterocycles. The molecular formula is C21H19FN2O. The molecule has 25 heavy (non-hydrogen) atoms. The standard InChI is InChI=1S/C21H19FN2O/c22-16-9-10-20-17(14-16)18(11-13-25-20)24-21(15-6-2-1-3-7-15)19-8-4-5-12-23-19/h1-10,12,14,18,21,24H,11,13H2/t18-,21-/m1/s1. The fourth-order valence-electron chi connectivity index (χ4n) is 3.28. The Morgan fingerprint density at radius 2 is 1.88 bits per heavy atom. The van der Waals surface area contributed by atoms with Gasteiger partial charge in [0.2, 0.25) is 0 Å². The normalized spacial score (nSPS) is 17.4. The molecule has 2 atom stereocenters. The van der Waals surface area contributed by atoms with E-state index in [9.17, 15) is 4.39 Å². The SMILES string of the molecule is Fc1ccc2c(c1)[C@H](N[C@H](c1ccccc1)c1ccccn1)CCO2. The van der Waals surface area contributed by atoms with E-state index in [0.717, 1.165) is 29.0 Å². The molecule has 0 amide bonds. The van der Waals surface area contributed by atoms with Crippen molar-refractivity contribution in [1.82, 2.24) is 10.3 Å². The highest BCUT2D eigenvalue weighted by Gasteiger charge is 2.26. The van der Waals surface area contributed by atoms with Crippen LogP contribution in [0.15, 0.2) is 72.9 Å². The molecule has 0 aliphatic carbocycles. The molecule has 3 aromatic rings. The second-order valence-electron chi connectivity index (χ2n) is 6.14. The van der Waals surface area contributed by atoms with Gasteiger partial charge in [-0.2, -0.15) is 0 Å². The van der Waals surface area contributed by atoms with E-state index in [1.807, 2.05) is 36.4 Å². The highest BCUT2D eigenvalue weighted by atomic mass is 19.1. The van der Waals surface area contributed by atoms with Gasteiger partial charge in [-0.15, -0.1) is 0 Å². The zero-order chi connectivity index (χ0) is 17.1. The van der Waals surface area contributed by atoms with Crippen LogP contribution >= 0.6 is 0 Å². The lowest BCUT2D eigenvalue weighted by Gasteiger charge is -2.30. The van der Waals surface area contributed by atoms with E-state index < -0.39 is 0 Å². The van der Waals surface area contributed by atoms with E-state index in [0.29, 0.717) is 6.61 Å². The summed E-state index contributed by atoms with van der Waals surface area (Å²) >= 11 is 0. The molecule has 4 heteroatoms. The van der Waals surface area contributed by atoms with E-state index in [4.69, 9.17) is 4.74 Å². The average molecular weight is 334 g/mol. The fraction of sp³-hybridized carbons (Fsp3) is 0.190. The molecule has 1 N–H and O–H groups in total. The molecule has 0 fully saturated rings. The molecule has 0 saturated carbocycles. The van der Waals surface area contributed by atoms with Gasteiger partial charge in [0.1, 0.15) is 11.6 Å². The Morgan fingerprint density at radius 1 is 1.04 bits per heavy atom. The summed E-state index contributed by atoms with van der Waals surface area (Å²) in [7, 11) is 0. The highest BCUT2D eigenvalue weighted by molar-refractivity contribution is 5.39. The molecule has 1 aliphatic rings. The van der Waals surface area contributed by atoms with Crippen LogP contribution in [-0.2, 0) is 0 Å². The summed E-state index contributed by atoms with van der Waals surface area (Å²) in [5, 5.41) is 3.66. The number of nitrogens with one attached hydrogen (secondary N) is 1. The van der Waals surface area contributed by atoms with Gasteiger partial charge in [0.05, 0.1) is 18.3 Å². The summed E-state index contributed by atoms with van der Waals surface area (Å²) in [5.74, 6) is 0.503. The summed E-state index contributed by atoms with van der Waals surface area (Å²) in [4.78, 5) is 4.53. The van der Waals surface area contributed by atoms with Gasteiger partial charge >= 0.3 is 0 Å². The highest BCUT2D eigenvalue weighted by Crippen LogP contribution is 2.35. The van der Waals surface area contributed by atoms with Crippen molar-refractivity contribution in [3.63, 3.8) is 0 Å². The van der Waals surface area contributed by atoms with Gasteiger partial charge in [-0.25, -0.2) is 4.39 Å². The minimum atomic E-state index is -0.245. The Labute approximate surface area is 146 Å². The van der Waals surface area contributed by atoms with E-state index in [-0.39, 0.29) is 17.9 Å². The molecule has 0 bridgehead atoms. The molecule has 0 saturated heterocycles. The van der Waals surface area contributed by atoms with Crippen molar-refractivity contribution in [1.29, 1.82) is 0 Å². The third-order valence-corrected chi connectivity index (χ3v) is 4.50. The molecule has 126 valence electrons. The van der Waals surface area contributed by atoms with Crippen molar-refractivity contribution in [3.05, 3.63) is 95.6 Å². The summed E-state index contributed by atoms with van der Waals surface area (Å²) < 4.78 is 19.4. The Kier molecular flexibility index (Phi) is 4.44. The van der Waals surface area contributed by atoms with Crippen LogP contribution in [-0.4, -0.2) is 11.6 Å². The molecule has 0 spiro atoms. The number of pyridine rings is 1. The molecule has 3 nitrogen and oxygen atoms in total. The second-order valence-corrected chi connectivity index (χ2v) is 6.14. The van der Waals surface area contributed by atoms with E-state index in [1.54, 1.807) is 18.3 Å². The lowest BCUT2D eigenvalue weighted by Crippen LogP contribution is -2.31. The van der Waals surface area contributed by atoms with E-state index in [2.05, 4.69) is 22.4 Å². The Morgan fingerprint density at radius 3 is 2.68 bits per heavy atom. The maximum Gasteiger partial charge on any atom is 0.124 e. The number of hydrogen-bond donors (Lipinski definition) is 1. The third kappa shape index (κ3) is 3.39. The van der Waals surface area contributed by atoms with Gasteiger partial charge in [0.25, 0.3) is 0 Å². The molecule has 0 radical (unpaired) electrons. The summed E-state index contributed by atoms with van der Waals surface area (Å²) in [6, 6.07) is 20.7. The first-order chi connectivity index (χ1) is 12.3. The predicted molar refractivity (Wildman–Crippen MR) is 94.9 cm³/mol. The second kappa shape index (κ2) is 7.03. The zero-order valence-electron chi connectivity index (χ0n) is 13.7. The predicted octanol–water partition coefficient (Wildman–Crippen LogP) is 4.42. The summed E-state index contributed by atoms with van der Waals surface area (Å²) in [5.41, 5.74) is 2.94. The Bertz CT molecular complexity index is 800. The molecule has 2 aromatic carbocycles. The number of halogens is 1. The van der Waals surface area contributed by atoms with Gasteiger partial charge in [-0.3, -0.25) is 10.3 Å². The topological polar surface area (TPSA) is 34.2 Å². The Balaban J connectivity index is 1.70. The number of benzene rings is 2. The average Bonchev–Trinajstić information content (AvgIpc) is 2.67. The number of nitrogens with zero attached hydrogens (tertiary/aromatic N) is 1. The van der Waals surface area contributed by atoms with Crippen LogP contribution in [0, 0.1) is 5.82 Å². The molecule has 1 aromatic heterocycles. The minimum Gasteiger partial charge on any atom is -0.493 e. The van der Waals surface area contributed by atoms with E-state index in [1.165, 1.54) is 6.07 Å². The first kappa shape index (κ1) is 15.8. The summed E-state index contributed by atoms with van der Waals surface area (Å²) in [6.07, 6.45) is 2.58. The van der Waals surface area contributed by atoms with Crippen LogP contribution in [0.5, 0.6) is 5.75 Å². The van der Waals surface area contributed by atoms with Gasteiger partial charge in [-0.1, -0.05) is 36.4 Å². The largest absolute Gasteiger partial charge is 0.493 e. The molecule has 4 rings (SSSR count). The molecular weight excluding hydrogens is 315 g/mol. The lowest BCUT2D eigenvalue weighted by molar-refractivity contribution is 0.246. The number of ether oxygens (including phenoxy) is 1. The number of fused-ring (bicyclic) bond motifs is 1. The first-order valence-electron chi connectivity index (χ1n) is 8.45. The van der Waals surface area contributed by atoms with E-state index >= 15 is 0 Å². The first-order valence-corrected chi connectivity index (χ1v) is 8.45. The van der Waals surface area contributed by atoms with Crippen molar-refractivity contribution in [3.8, 4) is 5.75 Å². The Hall–Kier alpha value is -2.72. The van der Waals surface area contributed by atoms with Crippen LogP contribution < -0.4 is 10.1 Å². The maximum atomic E-state index is 13.8. The van der Waals surface area contributed by atoms with Crippen molar-refractivity contribution in [2.45, 2.75) is 18.5 Å². The van der Waals surface area contributed by atoms with Crippen molar-refractivity contribution < 1.29 is 9.13 Å². The fourth-order valence-corrected chi connectivity index (χ4v) is 3.28. The van der Waals surface area contributed by atoms with Crippen LogP contribution in [0.25, 0.3) is 0 Å². The number of hydrogen-bond acceptors (Lipinski definition) is 3. The van der Waals surface area contributed by atoms with Gasteiger partial charge in [0, 0.05) is 24.2 Å². The summed E-state index contributed by atoms with van der Waals surface area (Å²) in [6.45, 7) is 0.611. The van der Waals surface area contributed by atoms with Crippen molar-refractivity contribution in [2.24, 2.45) is 0 Å². The number of rotatable bonds is 4. The molecule has 0 unspecified atom stereocenters. The van der Waals surface area contributed by atoms with Gasteiger partial charge < -0.3 is 4.74 Å². The minimum absolute atomic E-state index is 0.00617. The number of aromatic nitrogens is 1. The smallest absolute Gasteiger partial charge is 0.124 e. The van der Waals surface area contributed by atoms with Crippen LogP contribution in [0.3, 0.4) is 0 Å². The van der Waals surface area contributed by atoms with Gasteiger partial charge in [0.15, 0.2) is 0 Å². The third-order valence-electron chi connectivity index (χ3n) is 4.50. The van der Waals surface area contributed by atoms with Crippen LogP contribution in [0.4, 0.5) is 4.39 Å².